The van der Waals surface area contributed by atoms with Gasteiger partial charge in [0.05, 0.1) is 11.2 Å². The molecule has 1 amide bonds. The Morgan fingerprint density at radius 3 is 3.05 bits per heavy atom. The van der Waals surface area contributed by atoms with Crippen molar-refractivity contribution in [3.63, 3.8) is 0 Å². The summed E-state index contributed by atoms with van der Waals surface area (Å²) in [7, 11) is 0. The number of hydrogen-bond acceptors (Lipinski definition) is 3. The van der Waals surface area contributed by atoms with Gasteiger partial charge in [-0.25, -0.2) is 0 Å². The highest BCUT2D eigenvalue weighted by molar-refractivity contribution is 6.32. The number of benzene rings is 1. The van der Waals surface area contributed by atoms with Gasteiger partial charge in [-0.05, 0) is 30.7 Å². The Morgan fingerprint density at radius 1 is 1.53 bits per heavy atom. The number of carbonyl (C=O) groups excluding carboxylic acids is 1. The molecule has 100 valence electrons. The Balaban J connectivity index is 2.27. The average Bonchev–Trinajstić information content (AvgIpc) is 2.38. The molecule has 1 unspecified atom stereocenters. The monoisotopic (exact) mass is 277 g/mol. The Kier molecular flexibility index (Phi) is 4.35. The number of fused-ring (bicyclic) bond motifs is 1. The summed E-state index contributed by atoms with van der Waals surface area (Å²) in [5.41, 5.74) is 6.89. The summed E-state index contributed by atoms with van der Waals surface area (Å²) in [6.45, 7) is 2.43. The normalized spacial score (nSPS) is 12.4. The molecule has 0 spiro atoms. The van der Waals surface area contributed by atoms with Crippen LogP contribution in [-0.2, 0) is 4.79 Å². The molecule has 0 saturated heterocycles. The molecule has 0 saturated carbocycles. The fourth-order valence-electron chi connectivity index (χ4n) is 1.85. The number of nitrogens with two attached hydrogens (primary N) is 1. The molecule has 1 heterocycles. The van der Waals surface area contributed by atoms with Gasteiger partial charge in [0.15, 0.2) is 0 Å². The number of rotatable bonds is 4. The van der Waals surface area contributed by atoms with E-state index in [2.05, 4.69) is 10.3 Å². The lowest BCUT2D eigenvalue weighted by Crippen LogP contribution is -2.20. The fraction of sp³-hybridized carbons (Fsp3) is 0.286. The maximum atomic E-state index is 11.9. The Bertz CT molecular complexity index is 600. The molecule has 5 heteroatoms. The lowest BCUT2D eigenvalue weighted by Gasteiger charge is -2.11. The lowest BCUT2D eigenvalue weighted by molar-refractivity contribution is -0.116. The minimum absolute atomic E-state index is 0.0767. The quantitative estimate of drug-likeness (QED) is 0.903. The average molecular weight is 278 g/mol. The van der Waals surface area contributed by atoms with Gasteiger partial charge in [0.1, 0.15) is 0 Å². The van der Waals surface area contributed by atoms with E-state index in [9.17, 15) is 4.79 Å². The Morgan fingerprint density at radius 2 is 2.32 bits per heavy atom. The summed E-state index contributed by atoms with van der Waals surface area (Å²) in [4.78, 5) is 16.2. The van der Waals surface area contributed by atoms with Crippen LogP contribution in [0.2, 0.25) is 5.02 Å². The Hall–Kier alpha value is -1.65. The maximum Gasteiger partial charge on any atom is 0.224 e. The van der Waals surface area contributed by atoms with E-state index in [1.54, 1.807) is 12.3 Å². The van der Waals surface area contributed by atoms with Crippen molar-refractivity contribution < 1.29 is 4.79 Å². The van der Waals surface area contributed by atoms with E-state index in [4.69, 9.17) is 17.3 Å². The van der Waals surface area contributed by atoms with E-state index in [1.807, 2.05) is 25.1 Å². The molecule has 0 aliphatic heterocycles. The molecule has 3 N–H and O–H groups in total. The number of pyridine rings is 1. The molecule has 0 fully saturated rings. The van der Waals surface area contributed by atoms with Crippen LogP contribution in [0.1, 0.15) is 13.3 Å². The third kappa shape index (κ3) is 3.43. The predicted molar refractivity (Wildman–Crippen MR) is 78.2 cm³/mol. The second-order valence-electron chi connectivity index (χ2n) is 4.62. The smallest absolute Gasteiger partial charge is 0.224 e. The van der Waals surface area contributed by atoms with Crippen molar-refractivity contribution in [3.8, 4) is 0 Å². The van der Waals surface area contributed by atoms with Crippen LogP contribution in [0.4, 0.5) is 5.69 Å². The molecule has 0 aliphatic rings. The van der Waals surface area contributed by atoms with E-state index >= 15 is 0 Å². The van der Waals surface area contributed by atoms with Gasteiger partial charge in [-0.2, -0.15) is 0 Å². The van der Waals surface area contributed by atoms with E-state index in [0.717, 1.165) is 10.9 Å². The summed E-state index contributed by atoms with van der Waals surface area (Å²) in [5.74, 6) is 0.0746. The van der Waals surface area contributed by atoms with Gasteiger partial charge in [-0.3, -0.25) is 9.78 Å². The molecule has 2 aromatic rings. The van der Waals surface area contributed by atoms with Gasteiger partial charge in [0.2, 0.25) is 5.91 Å². The summed E-state index contributed by atoms with van der Waals surface area (Å²) < 4.78 is 0. The maximum absolute atomic E-state index is 11.9. The zero-order valence-corrected chi connectivity index (χ0v) is 11.4. The molecular weight excluding hydrogens is 262 g/mol. The van der Waals surface area contributed by atoms with Crippen molar-refractivity contribution in [2.45, 2.75) is 13.3 Å². The summed E-state index contributed by atoms with van der Waals surface area (Å²) in [6.07, 6.45) is 2.08. The van der Waals surface area contributed by atoms with E-state index in [1.165, 1.54) is 0 Å². The van der Waals surface area contributed by atoms with Gasteiger partial charge in [-0.1, -0.05) is 24.6 Å². The first-order valence-electron chi connectivity index (χ1n) is 6.14. The summed E-state index contributed by atoms with van der Waals surface area (Å²) in [6, 6.07) is 7.27. The first-order chi connectivity index (χ1) is 9.10. The zero-order chi connectivity index (χ0) is 13.8. The number of halogens is 1. The third-order valence-corrected chi connectivity index (χ3v) is 3.10. The van der Waals surface area contributed by atoms with Gasteiger partial charge in [0, 0.05) is 23.0 Å². The second kappa shape index (κ2) is 5.99. The van der Waals surface area contributed by atoms with Crippen molar-refractivity contribution in [3.05, 3.63) is 35.5 Å². The van der Waals surface area contributed by atoms with E-state index < -0.39 is 0 Å². The molecule has 0 radical (unpaired) electrons. The largest absolute Gasteiger partial charge is 0.330 e. The van der Waals surface area contributed by atoms with Gasteiger partial charge >= 0.3 is 0 Å². The van der Waals surface area contributed by atoms with Crippen LogP contribution >= 0.6 is 11.6 Å². The van der Waals surface area contributed by atoms with Crippen LogP contribution < -0.4 is 11.1 Å². The zero-order valence-electron chi connectivity index (χ0n) is 10.7. The summed E-state index contributed by atoms with van der Waals surface area (Å²) >= 11 is 6.04. The number of anilines is 1. The third-order valence-electron chi connectivity index (χ3n) is 2.88. The van der Waals surface area contributed by atoms with E-state index in [-0.39, 0.29) is 11.8 Å². The fourth-order valence-corrected chi connectivity index (χ4v) is 2.08. The number of nitrogens with zero attached hydrogens (tertiary/aromatic N) is 1. The standard InChI is InChI=1S/C14H16ClN3O/c1-9(8-16)5-13(19)18-12-7-11(15)6-10-3-2-4-17-14(10)12/h2-4,6-7,9H,5,8,16H2,1H3,(H,18,19). The van der Waals surface area contributed by atoms with Crippen LogP contribution in [-0.4, -0.2) is 17.4 Å². The lowest BCUT2D eigenvalue weighted by atomic mass is 10.1. The van der Waals surface area contributed by atoms with Crippen molar-refractivity contribution in [1.82, 2.24) is 4.98 Å². The molecule has 2 rings (SSSR count). The van der Waals surface area contributed by atoms with Crippen LogP contribution in [0.25, 0.3) is 10.9 Å². The van der Waals surface area contributed by atoms with Crippen LogP contribution in [0.15, 0.2) is 30.5 Å². The molecular formula is C14H16ClN3O. The number of carbonyl (C=O) groups is 1. The minimum atomic E-state index is -0.0767. The number of nitrogens with one attached hydrogen (secondary N) is 1. The van der Waals surface area contributed by atoms with Gasteiger partial charge in [-0.15, -0.1) is 0 Å². The highest BCUT2D eigenvalue weighted by Gasteiger charge is 2.11. The van der Waals surface area contributed by atoms with Crippen molar-refractivity contribution in [2.75, 3.05) is 11.9 Å². The van der Waals surface area contributed by atoms with Crippen LogP contribution in [0, 0.1) is 5.92 Å². The molecule has 1 aromatic carbocycles. The molecule has 4 nitrogen and oxygen atoms in total. The highest BCUT2D eigenvalue weighted by Crippen LogP contribution is 2.26. The predicted octanol–water partition coefficient (Wildman–Crippen LogP) is 2.81. The highest BCUT2D eigenvalue weighted by atomic mass is 35.5. The SMILES string of the molecule is CC(CN)CC(=O)Nc1cc(Cl)cc2cccnc12. The molecule has 0 aliphatic carbocycles. The minimum Gasteiger partial charge on any atom is -0.330 e. The molecule has 1 aromatic heterocycles. The number of hydrogen-bond donors (Lipinski definition) is 2. The number of amides is 1. The van der Waals surface area contributed by atoms with Crippen LogP contribution in [0.3, 0.4) is 0 Å². The molecule has 19 heavy (non-hydrogen) atoms. The van der Waals surface area contributed by atoms with Crippen molar-refractivity contribution >= 4 is 34.1 Å². The Labute approximate surface area is 117 Å². The van der Waals surface area contributed by atoms with Gasteiger partial charge in [0.25, 0.3) is 0 Å². The van der Waals surface area contributed by atoms with Crippen molar-refractivity contribution in [1.29, 1.82) is 0 Å². The van der Waals surface area contributed by atoms with Crippen molar-refractivity contribution in [2.24, 2.45) is 11.7 Å². The first-order valence-corrected chi connectivity index (χ1v) is 6.52. The summed E-state index contributed by atoms with van der Waals surface area (Å²) in [5, 5.41) is 4.32. The molecule has 0 bridgehead atoms. The molecule has 1 atom stereocenters. The van der Waals surface area contributed by atoms with E-state index in [0.29, 0.717) is 23.7 Å². The topological polar surface area (TPSA) is 68.0 Å². The van der Waals surface area contributed by atoms with Gasteiger partial charge < -0.3 is 11.1 Å². The number of aromatic nitrogens is 1. The second-order valence-corrected chi connectivity index (χ2v) is 5.06. The van der Waals surface area contributed by atoms with Crippen LogP contribution in [0.5, 0.6) is 0 Å². The first kappa shape index (κ1) is 13.8.